The van der Waals surface area contributed by atoms with E-state index in [1.165, 1.54) is 0 Å². The minimum absolute atomic E-state index is 0.243. The summed E-state index contributed by atoms with van der Waals surface area (Å²) in [6.45, 7) is 4.13. The zero-order chi connectivity index (χ0) is 15.7. The number of benzene rings is 2. The number of hydrogen-bond donors (Lipinski definition) is 1. The number of rotatable bonds is 4. The van der Waals surface area contributed by atoms with Gasteiger partial charge in [0.05, 0.1) is 10.8 Å². The smallest absolute Gasteiger partial charge is 0.344 e. The van der Waals surface area contributed by atoms with Crippen molar-refractivity contribution in [2.75, 3.05) is 0 Å². The van der Waals surface area contributed by atoms with Gasteiger partial charge in [-0.1, -0.05) is 43.5 Å². The van der Waals surface area contributed by atoms with Crippen LogP contribution in [0, 0.1) is 6.92 Å². The molecule has 0 aliphatic heterocycles. The zero-order valence-electron chi connectivity index (χ0n) is 13.0. The Morgan fingerprint density at radius 2 is 1.91 bits per heavy atom. The molecular formula is C19H20O3. The monoisotopic (exact) mass is 296 g/mol. The fourth-order valence-corrected chi connectivity index (χ4v) is 2.93. The van der Waals surface area contributed by atoms with Gasteiger partial charge in [0.25, 0.3) is 0 Å². The van der Waals surface area contributed by atoms with Crippen molar-refractivity contribution in [3.05, 3.63) is 51.9 Å². The third-order valence-corrected chi connectivity index (χ3v) is 4.14. The van der Waals surface area contributed by atoms with Gasteiger partial charge in [0, 0.05) is 5.39 Å². The molecule has 3 nitrogen and oxygen atoms in total. The fourth-order valence-electron chi connectivity index (χ4n) is 2.93. The maximum absolute atomic E-state index is 12.1. The number of fused-ring (bicyclic) bond motifs is 3. The summed E-state index contributed by atoms with van der Waals surface area (Å²) in [7, 11) is 0. The van der Waals surface area contributed by atoms with Crippen LogP contribution in [0.1, 0.15) is 37.3 Å². The highest BCUT2D eigenvalue weighted by Crippen LogP contribution is 2.34. The van der Waals surface area contributed by atoms with Gasteiger partial charge in [-0.3, -0.25) is 0 Å². The molecule has 0 saturated heterocycles. The van der Waals surface area contributed by atoms with E-state index in [-0.39, 0.29) is 11.4 Å². The Morgan fingerprint density at radius 3 is 2.68 bits per heavy atom. The second kappa shape index (κ2) is 5.84. The largest absolute Gasteiger partial charge is 0.507 e. The summed E-state index contributed by atoms with van der Waals surface area (Å²) in [6.07, 6.45) is 4.16. The van der Waals surface area contributed by atoms with Gasteiger partial charge in [0.1, 0.15) is 11.3 Å². The number of aromatic hydroxyl groups is 1. The van der Waals surface area contributed by atoms with E-state index in [1.54, 1.807) is 12.1 Å². The highest BCUT2D eigenvalue weighted by Gasteiger charge is 2.14. The molecule has 22 heavy (non-hydrogen) atoms. The summed E-state index contributed by atoms with van der Waals surface area (Å²) in [5.74, 6) is 0.243. The van der Waals surface area contributed by atoms with Gasteiger partial charge in [-0.25, -0.2) is 4.79 Å². The first-order valence-electron chi connectivity index (χ1n) is 7.80. The standard InChI is InChI=1S/C19H20O3/c1-3-4-5-6-13-8-10-16-17(18(13)20)15-11-12(2)7-9-14(15)19(21)22-16/h7-11,20H,3-6H2,1-2H3. The molecule has 0 radical (unpaired) electrons. The minimum atomic E-state index is -0.361. The van der Waals surface area contributed by atoms with Gasteiger partial charge >= 0.3 is 5.63 Å². The molecule has 1 N–H and O–H groups in total. The van der Waals surface area contributed by atoms with E-state index in [9.17, 15) is 9.90 Å². The van der Waals surface area contributed by atoms with E-state index in [1.807, 2.05) is 25.1 Å². The van der Waals surface area contributed by atoms with Gasteiger partial charge in [-0.15, -0.1) is 0 Å². The Labute approximate surface area is 129 Å². The molecule has 0 unspecified atom stereocenters. The second-order valence-electron chi connectivity index (χ2n) is 5.84. The van der Waals surface area contributed by atoms with E-state index in [4.69, 9.17) is 4.42 Å². The summed E-state index contributed by atoms with van der Waals surface area (Å²) < 4.78 is 5.36. The molecule has 0 bridgehead atoms. The fraction of sp³-hybridized carbons (Fsp3) is 0.316. The van der Waals surface area contributed by atoms with Crippen molar-refractivity contribution < 1.29 is 9.52 Å². The van der Waals surface area contributed by atoms with Crippen LogP contribution in [0.4, 0.5) is 0 Å². The van der Waals surface area contributed by atoms with Crippen LogP contribution in [0.3, 0.4) is 0 Å². The summed E-state index contributed by atoms with van der Waals surface area (Å²) in [4.78, 5) is 12.1. The van der Waals surface area contributed by atoms with Crippen LogP contribution in [0.5, 0.6) is 5.75 Å². The molecule has 0 aliphatic carbocycles. The molecule has 0 fully saturated rings. The molecule has 0 aliphatic rings. The molecular weight excluding hydrogens is 276 g/mol. The number of aryl methyl sites for hydroxylation is 2. The van der Waals surface area contributed by atoms with Gasteiger partial charge in [-0.2, -0.15) is 0 Å². The molecule has 0 spiro atoms. The first kappa shape index (κ1) is 14.6. The lowest BCUT2D eigenvalue weighted by atomic mass is 9.99. The summed E-state index contributed by atoms with van der Waals surface area (Å²) >= 11 is 0. The number of phenolic OH excluding ortho intramolecular Hbond substituents is 1. The SMILES string of the molecule is CCCCCc1ccc2oc(=O)c3ccc(C)cc3c2c1O. The van der Waals surface area contributed by atoms with Crippen LogP contribution in [0.25, 0.3) is 21.7 Å². The Morgan fingerprint density at radius 1 is 1.09 bits per heavy atom. The topological polar surface area (TPSA) is 50.4 Å². The van der Waals surface area contributed by atoms with Crippen molar-refractivity contribution in [2.45, 2.75) is 39.5 Å². The average Bonchev–Trinajstić information content (AvgIpc) is 2.49. The third kappa shape index (κ3) is 2.47. The van der Waals surface area contributed by atoms with Crippen molar-refractivity contribution in [1.82, 2.24) is 0 Å². The molecule has 0 atom stereocenters. The lowest BCUT2D eigenvalue weighted by Crippen LogP contribution is -2.00. The first-order chi connectivity index (χ1) is 10.6. The summed E-state index contributed by atoms with van der Waals surface area (Å²) in [5.41, 5.74) is 2.05. The van der Waals surface area contributed by atoms with E-state index in [0.717, 1.165) is 42.2 Å². The van der Waals surface area contributed by atoms with Crippen LogP contribution in [0.2, 0.25) is 0 Å². The van der Waals surface area contributed by atoms with Crippen LogP contribution in [0.15, 0.2) is 39.5 Å². The minimum Gasteiger partial charge on any atom is -0.507 e. The van der Waals surface area contributed by atoms with Crippen LogP contribution in [-0.2, 0) is 6.42 Å². The van der Waals surface area contributed by atoms with Crippen molar-refractivity contribution >= 4 is 21.7 Å². The van der Waals surface area contributed by atoms with Gasteiger partial charge in [-0.05, 0) is 37.5 Å². The molecule has 114 valence electrons. The van der Waals surface area contributed by atoms with Crippen LogP contribution in [-0.4, -0.2) is 5.11 Å². The molecule has 3 heteroatoms. The Kier molecular flexibility index (Phi) is 3.88. The highest BCUT2D eigenvalue weighted by molar-refractivity contribution is 6.08. The van der Waals surface area contributed by atoms with Gasteiger partial charge < -0.3 is 9.52 Å². The van der Waals surface area contributed by atoms with Gasteiger partial charge in [0.15, 0.2) is 0 Å². The average molecular weight is 296 g/mol. The molecule has 3 rings (SSSR count). The van der Waals surface area contributed by atoms with Crippen molar-refractivity contribution in [3.63, 3.8) is 0 Å². The number of unbranched alkanes of at least 4 members (excludes halogenated alkanes) is 2. The Bertz CT molecular complexity index is 890. The maximum atomic E-state index is 12.1. The van der Waals surface area contributed by atoms with E-state index < -0.39 is 0 Å². The summed E-state index contributed by atoms with van der Waals surface area (Å²) in [6, 6.07) is 9.23. The molecule has 2 aromatic carbocycles. The van der Waals surface area contributed by atoms with Gasteiger partial charge in [0.2, 0.25) is 0 Å². The van der Waals surface area contributed by atoms with Crippen molar-refractivity contribution in [3.8, 4) is 5.75 Å². The quantitative estimate of drug-likeness (QED) is 0.431. The maximum Gasteiger partial charge on any atom is 0.344 e. The molecule has 0 amide bonds. The van der Waals surface area contributed by atoms with E-state index in [2.05, 4.69) is 6.92 Å². The predicted octanol–water partition coefficient (Wildman–Crippen LogP) is 4.69. The van der Waals surface area contributed by atoms with E-state index in [0.29, 0.717) is 16.4 Å². The number of hydrogen-bond acceptors (Lipinski definition) is 3. The molecule has 3 aromatic rings. The van der Waals surface area contributed by atoms with Crippen molar-refractivity contribution in [1.29, 1.82) is 0 Å². The van der Waals surface area contributed by atoms with E-state index >= 15 is 0 Å². The number of phenols is 1. The van der Waals surface area contributed by atoms with Crippen LogP contribution >= 0.6 is 0 Å². The Hall–Kier alpha value is -2.29. The second-order valence-corrected chi connectivity index (χ2v) is 5.84. The highest BCUT2D eigenvalue weighted by atomic mass is 16.4. The zero-order valence-corrected chi connectivity index (χ0v) is 13.0. The molecule has 1 aromatic heterocycles. The lowest BCUT2D eigenvalue weighted by molar-refractivity contribution is 0.471. The lowest BCUT2D eigenvalue weighted by Gasteiger charge is -2.10. The summed E-state index contributed by atoms with van der Waals surface area (Å²) in [5, 5.41) is 12.6. The first-order valence-corrected chi connectivity index (χ1v) is 7.80. The molecule has 0 saturated carbocycles. The molecule has 1 heterocycles. The predicted molar refractivity (Wildman–Crippen MR) is 89.6 cm³/mol. The van der Waals surface area contributed by atoms with Crippen molar-refractivity contribution in [2.24, 2.45) is 0 Å². The third-order valence-electron chi connectivity index (χ3n) is 4.14. The Balaban J connectivity index is 2.27. The van der Waals surface area contributed by atoms with Crippen LogP contribution < -0.4 is 5.63 Å². The normalized spacial score (nSPS) is 11.4.